The smallest absolute Gasteiger partial charge is 0.195 e. The Hall–Kier alpha value is -1.35. The van der Waals surface area contributed by atoms with Gasteiger partial charge in [-0.25, -0.2) is 4.98 Å². The van der Waals surface area contributed by atoms with E-state index in [4.69, 9.17) is 10.2 Å². The van der Waals surface area contributed by atoms with Gasteiger partial charge in [-0.2, -0.15) is 0 Å². The molecule has 2 rings (SSSR count). The predicted octanol–water partition coefficient (Wildman–Crippen LogP) is 3.36. The van der Waals surface area contributed by atoms with Crippen LogP contribution in [-0.2, 0) is 6.42 Å². The molecule has 0 saturated carbocycles. The highest BCUT2D eigenvalue weighted by Crippen LogP contribution is 2.22. The molecule has 1 aromatic carbocycles. The van der Waals surface area contributed by atoms with Crippen molar-refractivity contribution < 1.29 is 4.42 Å². The van der Waals surface area contributed by atoms with Crippen molar-refractivity contribution in [3.63, 3.8) is 0 Å². The van der Waals surface area contributed by atoms with E-state index < -0.39 is 0 Å². The molecule has 3 nitrogen and oxygen atoms in total. The molecule has 1 aromatic heterocycles. The second-order valence-electron chi connectivity index (χ2n) is 5.26. The lowest BCUT2D eigenvalue weighted by atomic mass is 10.0. The van der Waals surface area contributed by atoms with Crippen LogP contribution in [0, 0.1) is 19.8 Å². The molecule has 2 aromatic rings. The van der Waals surface area contributed by atoms with Gasteiger partial charge in [0.1, 0.15) is 5.52 Å². The molecule has 98 valence electrons. The van der Waals surface area contributed by atoms with Gasteiger partial charge in [-0.15, -0.1) is 0 Å². The van der Waals surface area contributed by atoms with Crippen molar-refractivity contribution >= 4 is 11.1 Å². The maximum atomic E-state index is 5.84. The minimum atomic E-state index is 0.632. The fourth-order valence-electron chi connectivity index (χ4n) is 2.33. The Morgan fingerprint density at radius 3 is 2.78 bits per heavy atom. The molecule has 3 heteroatoms. The molecular weight excluding hydrogens is 224 g/mol. The second kappa shape index (κ2) is 5.53. The zero-order valence-corrected chi connectivity index (χ0v) is 11.5. The fourth-order valence-corrected chi connectivity index (χ4v) is 2.33. The Bertz CT molecular complexity index is 531. The first-order chi connectivity index (χ1) is 8.60. The second-order valence-corrected chi connectivity index (χ2v) is 5.26. The van der Waals surface area contributed by atoms with E-state index in [2.05, 4.69) is 37.9 Å². The van der Waals surface area contributed by atoms with Gasteiger partial charge < -0.3 is 10.2 Å². The third kappa shape index (κ3) is 2.91. The summed E-state index contributed by atoms with van der Waals surface area (Å²) in [5, 5.41) is 0. The lowest BCUT2D eigenvalue weighted by Gasteiger charge is -2.06. The highest BCUT2D eigenvalue weighted by molar-refractivity contribution is 5.77. The molecule has 18 heavy (non-hydrogen) atoms. The van der Waals surface area contributed by atoms with Gasteiger partial charge in [0.2, 0.25) is 0 Å². The van der Waals surface area contributed by atoms with E-state index in [1.807, 2.05) is 0 Å². The summed E-state index contributed by atoms with van der Waals surface area (Å²) in [5.41, 5.74) is 9.87. The average Bonchev–Trinajstić information content (AvgIpc) is 2.70. The first-order valence-electron chi connectivity index (χ1n) is 6.67. The summed E-state index contributed by atoms with van der Waals surface area (Å²) in [6.07, 6.45) is 3.05. The molecule has 0 saturated heterocycles. The number of aryl methyl sites for hydroxylation is 3. The standard InChI is InChI=1S/C15H22N2O/c1-10(6-7-16)4-5-14-17-13-9-11(2)8-12(3)15(13)18-14/h8-10H,4-7,16H2,1-3H3. The van der Waals surface area contributed by atoms with E-state index >= 15 is 0 Å². The van der Waals surface area contributed by atoms with E-state index in [0.717, 1.165) is 42.8 Å². The van der Waals surface area contributed by atoms with Gasteiger partial charge in [-0.1, -0.05) is 13.0 Å². The van der Waals surface area contributed by atoms with Crippen LogP contribution in [0.15, 0.2) is 16.5 Å². The number of oxazole rings is 1. The highest BCUT2D eigenvalue weighted by atomic mass is 16.3. The number of nitrogens with two attached hydrogens (primary N) is 1. The number of benzene rings is 1. The molecule has 0 radical (unpaired) electrons. The summed E-state index contributed by atoms with van der Waals surface area (Å²) in [4.78, 5) is 4.57. The normalized spacial score (nSPS) is 13.1. The molecule has 2 N–H and O–H groups in total. The average molecular weight is 246 g/mol. The molecule has 0 aliphatic carbocycles. The van der Waals surface area contributed by atoms with Crippen molar-refractivity contribution in [3.05, 3.63) is 29.2 Å². The molecule has 1 atom stereocenters. The monoisotopic (exact) mass is 246 g/mol. The molecule has 1 heterocycles. The summed E-state index contributed by atoms with van der Waals surface area (Å²) >= 11 is 0. The van der Waals surface area contributed by atoms with Crippen LogP contribution >= 0.6 is 0 Å². The van der Waals surface area contributed by atoms with Crippen molar-refractivity contribution in [1.82, 2.24) is 4.98 Å². The first kappa shape index (κ1) is 13.1. The van der Waals surface area contributed by atoms with Crippen LogP contribution in [0.1, 0.15) is 36.8 Å². The largest absolute Gasteiger partial charge is 0.440 e. The van der Waals surface area contributed by atoms with E-state index in [1.54, 1.807) is 0 Å². The van der Waals surface area contributed by atoms with E-state index in [1.165, 1.54) is 11.1 Å². The summed E-state index contributed by atoms with van der Waals surface area (Å²) < 4.78 is 5.84. The van der Waals surface area contributed by atoms with Gasteiger partial charge in [0, 0.05) is 6.42 Å². The number of nitrogens with zero attached hydrogens (tertiary/aromatic N) is 1. The van der Waals surface area contributed by atoms with Crippen molar-refractivity contribution in [2.24, 2.45) is 11.7 Å². The van der Waals surface area contributed by atoms with Crippen LogP contribution in [0.3, 0.4) is 0 Å². The van der Waals surface area contributed by atoms with Gasteiger partial charge in [0.25, 0.3) is 0 Å². The molecular formula is C15H22N2O. The van der Waals surface area contributed by atoms with Crippen LogP contribution in [0.25, 0.3) is 11.1 Å². The molecule has 0 aliphatic heterocycles. The Morgan fingerprint density at radius 2 is 2.06 bits per heavy atom. The quantitative estimate of drug-likeness (QED) is 0.880. The molecule has 0 bridgehead atoms. The molecule has 0 spiro atoms. The van der Waals surface area contributed by atoms with E-state index in [0.29, 0.717) is 5.92 Å². The molecule has 0 fully saturated rings. The van der Waals surface area contributed by atoms with E-state index in [9.17, 15) is 0 Å². The van der Waals surface area contributed by atoms with Crippen LogP contribution in [0.4, 0.5) is 0 Å². The lowest BCUT2D eigenvalue weighted by molar-refractivity contribution is 0.450. The number of rotatable bonds is 5. The number of hydrogen-bond acceptors (Lipinski definition) is 3. The fraction of sp³-hybridized carbons (Fsp3) is 0.533. The first-order valence-corrected chi connectivity index (χ1v) is 6.67. The lowest BCUT2D eigenvalue weighted by Crippen LogP contribution is -2.06. The maximum absolute atomic E-state index is 5.84. The summed E-state index contributed by atoms with van der Waals surface area (Å²) in [5.74, 6) is 1.48. The molecule has 1 unspecified atom stereocenters. The number of hydrogen-bond donors (Lipinski definition) is 1. The molecule has 0 amide bonds. The minimum Gasteiger partial charge on any atom is -0.440 e. The topological polar surface area (TPSA) is 52.0 Å². The summed E-state index contributed by atoms with van der Waals surface area (Å²) in [7, 11) is 0. The Labute approximate surface area is 108 Å². The van der Waals surface area contributed by atoms with Gasteiger partial charge >= 0.3 is 0 Å². The van der Waals surface area contributed by atoms with Crippen molar-refractivity contribution in [3.8, 4) is 0 Å². The zero-order chi connectivity index (χ0) is 13.1. The van der Waals surface area contributed by atoms with Crippen LogP contribution < -0.4 is 5.73 Å². The highest BCUT2D eigenvalue weighted by Gasteiger charge is 2.10. The van der Waals surface area contributed by atoms with Crippen LogP contribution in [0.5, 0.6) is 0 Å². The molecule has 0 aliphatic rings. The zero-order valence-electron chi connectivity index (χ0n) is 11.5. The van der Waals surface area contributed by atoms with Crippen LogP contribution in [0.2, 0.25) is 0 Å². The van der Waals surface area contributed by atoms with Gasteiger partial charge in [0.05, 0.1) is 0 Å². The Kier molecular flexibility index (Phi) is 4.02. The third-order valence-corrected chi connectivity index (χ3v) is 3.37. The Morgan fingerprint density at radius 1 is 1.28 bits per heavy atom. The number of aromatic nitrogens is 1. The van der Waals surface area contributed by atoms with Gasteiger partial charge in [0.15, 0.2) is 11.5 Å². The minimum absolute atomic E-state index is 0.632. The third-order valence-electron chi connectivity index (χ3n) is 3.37. The maximum Gasteiger partial charge on any atom is 0.195 e. The predicted molar refractivity (Wildman–Crippen MR) is 74.6 cm³/mol. The van der Waals surface area contributed by atoms with Crippen molar-refractivity contribution in [2.45, 2.75) is 40.0 Å². The van der Waals surface area contributed by atoms with Gasteiger partial charge in [-0.3, -0.25) is 0 Å². The van der Waals surface area contributed by atoms with Crippen LogP contribution in [-0.4, -0.2) is 11.5 Å². The van der Waals surface area contributed by atoms with E-state index in [-0.39, 0.29) is 0 Å². The number of fused-ring (bicyclic) bond motifs is 1. The van der Waals surface area contributed by atoms with Gasteiger partial charge in [-0.05, 0) is 56.3 Å². The van der Waals surface area contributed by atoms with Crippen molar-refractivity contribution in [2.75, 3.05) is 6.54 Å². The SMILES string of the molecule is Cc1cc(C)c2oc(CCC(C)CCN)nc2c1. The van der Waals surface area contributed by atoms with Crippen molar-refractivity contribution in [1.29, 1.82) is 0 Å². The Balaban J connectivity index is 2.13. The summed E-state index contributed by atoms with van der Waals surface area (Å²) in [6.45, 7) is 7.14. The summed E-state index contributed by atoms with van der Waals surface area (Å²) in [6, 6.07) is 4.22.